The highest BCUT2D eigenvalue weighted by Crippen LogP contribution is 2.20. The minimum Gasteiger partial charge on any atom is -0.497 e. The molecule has 1 aromatic heterocycles. The molecule has 3 heteroatoms. The van der Waals surface area contributed by atoms with Crippen LogP contribution in [0.5, 0.6) is 5.75 Å². The van der Waals surface area contributed by atoms with E-state index in [1.165, 1.54) is 15.3 Å². The van der Waals surface area contributed by atoms with Gasteiger partial charge in [0, 0.05) is 22.3 Å². The minimum absolute atomic E-state index is 0.345. The van der Waals surface area contributed by atoms with Crippen LogP contribution >= 0.6 is 11.3 Å². The lowest BCUT2D eigenvalue weighted by Gasteiger charge is -2.14. The summed E-state index contributed by atoms with van der Waals surface area (Å²) in [5.74, 6) is 0.904. The maximum absolute atomic E-state index is 5.17. The van der Waals surface area contributed by atoms with Crippen molar-refractivity contribution in [1.82, 2.24) is 5.32 Å². The second-order valence-corrected chi connectivity index (χ2v) is 5.85. The fraction of sp³-hybridized carbons (Fsp3) is 0.375. The van der Waals surface area contributed by atoms with E-state index in [0.29, 0.717) is 6.04 Å². The molecule has 0 aliphatic carbocycles. The third kappa shape index (κ3) is 3.82. The van der Waals surface area contributed by atoms with Crippen LogP contribution in [0.3, 0.4) is 0 Å². The van der Waals surface area contributed by atoms with Crippen LogP contribution in [-0.2, 0) is 13.0 Å². The molecule has 0 radical (unpaired) electrons. The van der Waals surface area contributed by atoms with Gasteiger partial charge >= 0.3 is 0 Å². The van der Waals surface area contributed by atoms with E-state index < -0.39 is 0 Å². The number of hydrogen-bond donors (Lipinski definition) is 1. The topological polar surface area (TPSA) is 21.3 Å². The van der Waals surface area contributed by atoms with Crippen molar-refractivity contribution in [3.05, 3.63) is 51.7 Å². The van der Waals surface area contributed by atoms with E-state index >= 15 is 0 Å². The van der Waals surface area contributed by atoms with E-state index in [9.17, 15) is 0 Å². The highest BCUT2D eigenvalue weighted by molar-refractivity contribution is 7.11. The first-order valence-electron chi connectivity index (χ1n) is 6.68. The summed E-state index contributed by atoms with van der Waals surface area (Å²) in [5, 5.41) is 3.56. The Morgan fingerprint density at radius 3 is 2.37 bits per heavy atom. The average molecular weight is 275 g/mol. The number of benzene rings is 1. The highest BCUT2D eigenvalue weighted by Gasteiger charge is 2.06. The fourth-order valence-corrected chi connectivity index (χ4v) is 2.88. The molecule has 0 saturated carbocycles. The van der Waals surface area contributed by atoms with Crippen LogP contribution in [0.25, 0.3) is 0 Å². The number of thiophene rings is 1. The predicted octanol–water partition coefficient (Wildman–Crippen LogP) is 4.17. The van der Waals surface area contributed by atoms with Gasteiger partial charge in [-0.3, -0.25) is 0 Å². The third-order valence-corrected chi connectivity index (χ3v) is 4.49. The zero-order chi connectivity index (χ0) is 13.7. The molecule has 0 aliphatic rings. The van der Waals surface area contributed by atoms with Gasteiger partial charge in [0.15, 0.2) is 0 Å². The third-order valence-electron chi connectivity index (χ3n) is 3.26. The van der Waals surface area contributed by atoms with Crippen LogP contribution < -0.4 is 10.1 Å². The quantitative estimate of drug-likeness (QED) is 0.854. The molecule has 1 aromatic carbocycles. The van der Waals surface area contributed by atoms with Gasteiger partial charge in [0.2, 0.25) is 0 Å². The second-order valence-electron chi connectivity index (χ2n) is 4.60. The van der Waals surface area contributed by atoms with Gasteiger partial charge in [-0.15, -0.1) is 11.3 Å². The number of ether oxygens (including phenoxy) is 1. The highest BCUT2D eigenvalue weighted by atomic mass is 32.1. The van der Waals surface area contributed by atoms with Crippen LogP contribution in [0, 0.1) is 0 Å². The van der Waals surface area contributed by atoms with E-state index in [4.69, 9.17) is 4.74 Å². The van der Waals surface area contributed by atoms with Crippen LogP contribution in [0.15, 0.2) is 36.4 Å². The Hall–Kier alpha value is -1.32. The van der Waals surface area contributed by atoms with Crippen LogP contribution in [0.1, 0.15) is 35.2 Å². The van der Waals surface area contributed by atoms with E-state index in [1.54, 1.807) is 7.11 Å². The van der Waals surface area contributed by atoms with Gasteiger partial charge < -0.3 is 10.1 Å². The maximum atomic E-state index is 5.17. The number of rotatable bonds is 6. The lowest BCUT2D eigenvalue weighted by Crippen LogP contribution is -2.17. The van der Waals surface area contributed by atoms with E-state index in [-0.39, 0.29) is 0 Å². The Kier molecular flexibility index (Phi) is 5.00. The van der Waals surface area contributed by atoms with Crippen LogP contribution in [0.2, 0.25) is 0 Å². The summed E-state index contributed by atoms with van der Waals surface area (Å²) in [6, 6.07) is 13.0. The number of aryl methyl sites for hydroxylation is 1. The normalized spacial score (nSPS) is 12.4. The molecule has 0 spiro atoms. The van der Waals surface area contributed by atoms with Crippen molar-refractivity contribution in [3.63, 3.8) is 0 Å². The molecule has 0 unspecified atom stereocenters. The maximum Gasteiger partial charge on any atom is 0.118 e. The summed E-state index contributed by atoms with van der Waals surface area (Å²) < 4.78 is 5.17. The van der Waals surface area contributed by atoms with Crippen LogP contribution in [-0.4, -0.2) is 7.11 Å². The minimum atomic E-state index is 0.345. The van der Waals surface area contributed by atoms with Gasteiger partial charge in [-0.2, -0.15) is 0 Å². The molecule has 1 N–H and O–H groups in total. The molecule has 0 fully saturated rings. The first-order chi connectivity index (χ1) is 9.22. The predicted molar refractivity (Wildman–Crippen MR) is 81.9 cm³/mol. The van der Waals surface area contributed by atoms with E-state index in [1.807, 2.05) is 23.5 Å². The molecule has 2 rings (SSSR count). The summed E-state index contributed by atoms with van der Waals surface area (Å²) in [7, 11) is 1.69. The van der Waals surface area contributed by atoms with Crippen LogP contribution in [0.4, 0.5) is 0 Å². The molecule has 1 atom stereocenters. The van der Waals surface area contributed by atoms with Gasteiger partial charge in [-0.05, 0) is 43.2 Å². The molecule has 2 nitrogen and oxygen atoms in total. The van der Waals surface area contributed by atoms with Gasteiger partial charge in [0.1, 0.15) is 5.75 Å². The molecular formula is C16H21NOS. The molecule has 0 bridgehead atoms. The summed E-state index contributed by atoms with van der Waals surface area (Å²) in [6.45, 7) is 5.32. The number of hydrogen-bond acceptors (Lipinski definition) is 3. The molecule has 19 heavy (non-hydrogen) atoms. The Labute approximate surface area is 119 Å². The lowest BCUT2D eigenvalue weighted by atomic mass is 10.1. The zero-order valence-corrected chi connectivity index (χ0v) is 12.6. The first kappa shape index (κ1) is 14.1. The fourth-order valence-electron chi connectivity index (χ4n) is 1.97. The first-order valence-corrected chi connectivity index (χ1v) is 7.49. The smallest absolute Gasteiger partial charge is 0.118 e. The van der Waals surface area contributed by atoms with E-state index in [2.05, 4.69) is 43.4 Å². The Morgan fingerprint density at radius 1 is 1.11 bits per heavy atom. The molecule has 102 valence electrons. The van der Waals surface area contributed by atoms with Crippen molar-refractivity contribution in [3.8, 4) is 5.75 Å². The van der Waals surface area contributed by atoms with Gasteiger partial charge in [0.05, 0.1) is 7.11 Å². The second kappa shape index (κ2) is 6.73. The standard InChI is InChI=1S/C16H21NOS/c1-4-15-9-10-16(19-15)11-17-12(2)13-5-7-14(18-3)8-6-13/h5-10,12,17H,4,11H2,1-3H3/t12-/m0/s1. The van der Waals surface area contributed by atoms with Crippen molar-refractivity contribution >= 4 is 11.3 Å². The largest absolute Gasteiger partial charge is 0.497 e. The van der Waals surface area contributed by atoms with E-state index in [0.717, 1.165) is 18.7 Å². The number of methoxy groups -OCH3 is 1. The summed E-state index contributed by atoms with van der Waals surface area (Å²) in [6.07, 6.45) is 1.12. The van der Waals surface area contributed by atoms with Crippen molar-refractivity contribution in [1.29, 1.82) is 0 Å². The Bertz CT molecular complexity index is 504. The monoisotopic (exact) mass is 275 g/mol. The Balaban J connectivity index is 1.90. The van der Waals surface area contributed by atoms with Crippen molar-refractivity contribution in [2.45, 2.75) is 32.9 Å². The molecule has 1 heterocycles. The summed E-state index contributed by atoms with van der Waals surface area (Å²) in [5.41, 5.74) is 1.29. The average Bonchev–Trinajstić information content (AvgIpc) is 2.93. The van der Waals surface area contributed by atoms with Gasteiger partial charge in [0.25, 0.3) is 0 Å². The van der Waals surface area contributed by atoms with Crippen molar-refractivity contribution < 1.29 is 4.74 Å². The number of nitrogens with one attached hydrogen (secondary N) is 1. The Morgan fingerprint density at radius 2 is 1.79 bits per heavy atom. The zero-order valence-electron chi connectivity index (χ0n) is 11.8. The molecule has 0 amide bonds. The summed E-state index contributed by atoms with van der Waals surface area (Å²) in [4.78, 5) is 2.85. The molecular weight excluding hydrogens is 254 g/mol. The lowest BCUT2D eigenvalue weighted by molar-refractivity contribution is 0.414. The molecule has 0 saturated heterocycles. The van der Waals surface area contributed by atoms with Crippen molar-refractivity contribution in [2.75, 3.05) is 7.11 Å². The molecule has 2 aromatic rings. The van der Waals surface area contributed by atoms with Gasteiger partial charge in [-0.1, -0.05) is 19.1 Å². The SMILES string of the molecule is CCc1ccc(CN[C@@H](C)c2ccc(OC)cc2)s1. The summed E-state index contributed by atoms with van der Waals surface area (Å²) >= 11 is 1.89. The van der Waals surface area contributed by atoms with Crippen molar-refractivity contribution in [2.24, 2.45) is 0 Å². The van der Waals surface area contributed by atoms with Gasteiger partial charge in [-0.25, -0.2) is 0 Å². The molecule has 0 aliphatic heterocycles.